The van der Waals surface area contributed by atoms with Crippen molar-refractivity contribution in [3.05, 3.63) is 59.7 Å². The van der Waals surface area contributed by atoms with Crippen molar-refractivity contribution in [1.82, 2.24) is 10.6 Å². The molecular formula is C29H38N2O6. The van der Waals surface area contributed by atoms with E-state index in [-0.39, 0.29) is 36.4 Å². The molecule has 2 amide bonds. The van der Waals surface area contributed by atoms with Crippen molar-refractivity contribution in [2.75, 3.05) is 19.8 Å². The van der Waals surface area contributed by atoms with Crippen molar-refractivity contribution in [2.45, 2.75) is 64.5 Å². The Kier molecular flexibility index (Phi) is 9.69. The molecule has 1 aliphatic rings. The molecule has 3 N–H and O–H groups in total. The highest BCUT2D eigenvalue weighted by Crippen LogP contribution is 2.44. The van der Waals surface area contributed by atoms with Crippen LogP contribution in [0.3, 0.4) is 0 Å². The van der Waals surface area contributed by atoms with E-state index in [2.05, 4.69) is 22.8 Å². The molecule has 2 aromatic carbocycles. The van der Waals surface area contributed by atoms with Gasteiger partial charge in [-0.3, -0.25) is 4.79 Å². The summed E-state index contributed by atoms with van der Waals surface area (Å²) in [7, 11) is 0. The molecule has 0 aliphatic heterocycles. The van der Waals surface area contributed by atoms with Crippen LogP contribution in [-0.4, -0.2) is 54.5 Å². The molecule has 200 valence electrons. The average Bonchev–Trinajstić information content (AvgIpc) is 3.18. The SMILES string of the molecule is C[C@@H](COC(C)(C)C)C(=O)NCCCC[C@H](NC(=O)OCC1c2ccccc2-c2ccccc21)C(=O)O. The van der Waals surface area contributed by atoms with Gasteiger partial charge in [0.15, 0.2) is 0 Å². The minimum Gasteiger partial charge on any atom is -0.480 e. The molecule has 8 nitrogen and oxygen atoms in total. The minimum absolute atomic E-state index is 0.0961. The zero-order valence-corrected chi connectivity index (χ0v) is 22.1. The van der Waals surface area contributed by atoms with Crippen LogP contribution < -0.4 is 10.6 Å². The number of carbonyl (C=O) groups excluding carboxylic acids is 2. The van der Waals surface area contributed by atoms with E-state index < -0.39 is 18.1 Å². The molecule has 0 bridgehead atoms. The summed E-state index contributed by atoms with van der Waals surface area (Å²) in [5.74, 6) is -1.59. The number of ether oxygens (including phenoxy) is 2. The van der Waals surface area contributed by atoms with Gasteiger partial charge in [0.1, 0.15) is 12.6 Å². The maximum Gasteiger partial charge on any atom is 0.407 e. The van der Waals surface area contributed by atoms with E-state index in [9.17, 15) is 19.5 Å². The number of carbonyl (C=O) groups is 3. The second-order valence-electron chi connectivity index (χ2n) is 10.5. The van der Waals surface area contributed by atoms with Crippen LogP contribution in [0, 0.1) is 5.92 Å². The molecule has 0 fully saturated rings. The number of hydrogen-bond acceptors (Lipinski definition) is 5. The van der Waals surface area contributed by atoms with Crippen LogP contribution in [-0.2, 0) is 19.1 Å². The van der Waals surface area contributed by atoms with E-state index in [4.69, 9.17) is 9.47 Å². The Morgan fingerprint density at radius 1 is 0.973 bits per heavy atom. The molecule has 0 heterocycles. The van der Waals surface area contributed by atoms with Gasteiger partial charge in [0.25, 0.3) is 0 Å². The number of fused-ring (bicyclic) bond motifs is 3. The Morgan fingerprint density at radius 3 is 2.14 bits per heavy atom. The molecule has 8 heteroatoms. The number of carboxylic acids is 1. The van der Waals surface area contributed by atoms with Crippen LogP contribution in [0.15, 0.2) is 48.5 Å². The van der Waals surface area contributed by atoms with Crippen molar-refractivity contribution < 1.29 is 29.0 Å². The maximum atomic E-state index is 12.5. The van der Waals surface area contributed by atoms with Crippen molar-refractivity contribution >= 4 is 18.0 Å². The highest BCUT2D eigenvalue weighted by Gasteiger charge is 2.29. The molecule has 0 spiro atoms. The van der Waals surface area contributed by atoms with Gasteiger partial charge in [0.2, 0.25) is 5.91 Å². The average molecular weight is 511 g/mol. The van der Waals surface area contributed by atoms with Crippen molar-refractivity contribution in [2.24, 2.45) is 5.92 Å². The topological polar surface area (TPSA) is 114 Å². The molecule has 1 aliphatic carbocycles. The van der Waals surface area contributed by atoms with Crippen LogP contribution in [0.1, 0.15) is 64.0 Å². The molecule has 0 unspecified atom stereocenters. The first kappa shape index (κ1) is 28.2. The number of benzene rings is 2. The zero-order valence-electron chi connectivity index (χ0n) is 22.1. The van der Waals surface area contributed by atoms with Crippen LogP contribution in [0.25, 0.3) is 11.1 Å². The number of aliphatic carboxylic acids is 1. The standard InChI is InChI=1S/C29H38N2O6/c1-19(17-37-29(2,3)4)26(32)30-16-10-9-15-25(27(33)34)31-28(35)36-18-24-22-13-7-5-11-20(22)21-12-6-8-14-23(21)24/h5-8,11-14,19,24-25H,9-10,15-18H2,1-4H3,(H,30,32)(H,31,35)(H,33,34)/t19-,25-/m0/s1. The number of carboxylic acid groups (broad SMARTS) is 1. The summed E-state index contributed by atoms with van der Waals surface area (Å²) in [6.45, 7) is 8.50. The van der Waals surface area contributed by atoms with Gasteiger partial charge in [-0.25, -0.2) is 9.59 Å². The second-order valence-corrected chi connectivity index (χ2v) is 10.5. The summed E-state index contributed by atoms with van der Waals surface area (Å²) >= 11 is 0. The summed E-state index contributed by atoms with van der Waals surface area (Å²) in [5, 5.41) is 14.9. The molecule has 0 aromatic heterocycles. The lowest BCUT2D eigenvalue weighted by atomic mass is 9.98. The first-order valence-corrected chi connectivity index (χ1v) is 12.8. The normalized spacial score (nSPS) is 14.3. The summed E-state index contributed by atoms with van der Waals surface area (Å²) in [5.41, 5.74) is 4.12. The Balaban J connectivity index is 1.41. The summed E-state index contributed by atoms with van der Waals surface area (Å²) in [4.78, 5) is 36.3. The third-order valence-corrected chi connectivity index (χ3v) is 6.37. The van der Waals surface area contributed by atoms with Crippen molar-refractivity contribution in [3.8, 4) is 11.1 Å². The first-order chi connectivity index (χ1) is 17.6. The summed E-state index contributed by atoms with van der Waals surface area (Å²) in [6, 6.07) is 15.0. The van der Waals surface area contributed by atoms with Gasteiger partial charge in [-0.15, -0.1) is 0 Å². The molecule has 0 saturated heterocycles. The van der Waals surface area contributed by atoms with Crippen LogP contribution in [0.4, 0.5) is 4.79 Å². The van der Waals surface area contributed by atoms with Crippen LogP contribution >= 0.6 is 0 Å². The van der Waals surface area contributed by atoms with Crippen molar-refractivity contribution in [3.63, 3.8) is 0 Å². The Morgan fingerprint density at radius 2 is 1.57 bits per heavy atom. The van der Waals surface area contributed by atoms with E-state index in [1.165, 1.54) is 0 Å². The Bertz CT molecular complexity index is 1050. The fourth-order valence-corrected chi connectivity index (χ4v) is 4.35. The number of rotatable bonds is 12. The lowest BCUT2D eigenvalue weighted by Gasteiger charge is -2.22. The number of hydrogen-bond donors (Lipinski definition) is 3. The van der Waals surface area contributed by atoms with Gasteiger partial charge in [0.05, 0.1) is 18.1 Å². The number of amides is 2. The van der Waals surface area contributed by atoms with Crippen LogP contribution in [0.2, 0.25) is 0 Å². The summed E-state index contributed by atoms with van der Waals surface area (Å²) < 4.78 is 11.1. The second kappa shape index (κ2) is 12.7. The van der Waals surface area contributed by atoms with E-state index in [0.717, 1.165) is 22.3 Å². The van der Waals surface area contributed by atoms with Gasteiger partial charge < -0.3 is 25.2 Å². The lowest BCUT2D eigenvalue weighted by molar-refractivity contribution is -0.139. The number of unbranched alkanes of at least 4 members (excludes halogenated alkanes) is 1. The van der Waals surface area contributed by atoms with Gasteiger partial charge in [-0.2, -0.15) is 0 Å². The number of nitrogens with one attached hydrogen (secondary N) is 2. The predicted octanol–water partition coefficient (Wildman–Crippen LogP) is 4.72. The monoisotopic (exact) mass is 510 g/mol. The molecule has 0 saturated carbocycles. The lowest BCUT2D eigenvalue weighted by Crippen LogP contribution is -2.41. The molecule has 37 heavy (non-hydrogen) atoms. The number of alkyl carbamates (subject to hydrolysis) is 1. The highest BCUT2D eigenvalue weighted by molar-refractivity contribution is 5.81. The Labute approximate surface area is 218 Å². The fourth-order valence-electron chi connectivity index (χ4n) is 4.35. The molecule has 3 rings (SSSR count). The molecule has 2 atom stereocenters. The third kappa shape index (κ3) is 8.05. The van der Waals surface area contributed by atoms with Crippen LogP contribution in [0.5, 0.6) is 0 Å². The van der Waals surface area contributed by atoms with E-state index in [1.54, 1.807) is 6.92 Å². The highest BCUT2D eigenvalue weighted by atomic mass is 16.5. The smallest absolute Gasteiger partial charge is 0.407 e. The molecule has 0 radical (unpaired) electrons. The van der Waals surface area contributed by atoms with Gasteiger partial charge in [-0.05, 0) is 62.3 Å². The third-order valence-electron chi connectivity index (χ3n) is 6.37. The maximum absolute atomic E-state index is 12.5. The van der Waals surface area contributed by atoms with E-state index in [0.29, 0.717) is 26.0 Å². The molecular weight excluding hydrogens is 472 g/mol. The zero-order chi connectivity index (χ0) is 27.0. The fraction of sp³-hybridized carbons (Fsp3) is 0.483. The largest absolute Gasteiger partial charge is 0.480 e. The van der Waals surface area contributed by atoms with Gasteiger partial charge in [-0.1, -0.05) is 55.5 Å². The molecule has 2 aromatic rings. The van der Waals surface area contributed by atoms with E-state index >= 15 is 0 Å². The van der Waals surface area contributed by atoms with Crippen molar-refractivity contribution in [1.29, 1.82) is 0 Å². The Hall–Kier alpha value is -3.39. The van der Waals surface area contributed by atoms with Gasteiger partial charge in [0, 0.05) is 12.5 Å². The van der Waals surface area contributed by atoms with E-state index in [1.807, 2.05) is 57.2 Å². The quantitative estimate of drug-likeness (QED) is 0.356. The predicted molar refractivity (Wildman–Crippen MR) is 141 cm³/mol. The van der Waals surface area contributed by atoms with Gasteiger partial charge >= 0.3 is 12.1 Å². The minimum atomic E-state index is -1.12. The summed E-state index contributed by atoms with van der Waals surface area (Å²) in [6.07, 6.45) is 0.593. The first-order valence-electron chi connectivity index (χ1n) is 12.8.